The maximum absolute atomic E-state index is 5.70. The van der Waals surface area contributed by atoms with E-state index in [9.17, 15) is 0 Å². The third-order valence-corrected chi connectivity index (χ3v) is 1.81. The first kappa shape index (κ1) is 14.2. The molecule has 1 aromatic rings. The molecule has 4 heteroatoms. The van der Waals surface area contributed by atoms with E-state index in [1.165, 1.54) is 0 Å². The smallest absolute Gasteiger partial charge is 0.132 e. The van der Waals surface area contributed by atoms with Crippen LogP contribution in [0.2, 0.25) is 0 Å². The minimum atomic E-state index is 0.358. The van der Waals surface area contributed by atoms with Gasteiger partial charge in [-0.1, -0.05) is 20.4 Å². The van der Waals surface area contributed by atoms with Crippen LogP contribution < -0.4 is 5.73 Å². The van der Waals surface area contributed by atoms with Crippen LogP contribution in [0.1, 0.15) is 26.5 Å². The van der Waals surface area contributed by atoms with Crippen molar-refractivity contribution in [3.8, 4) is 0 Å². The second-order valence-electron chi connectivity index (χ2n) is 3.12. The van der Waals surface area contributed by atoms with Gasteiger partial charge in [-0.15, -0.1) is 0 Å². The van der Waals surface area contributed by atoms with Crippen molar-refractivity contribution in [2.24, 2.45) is 17.8 Å². The normalized spacial score (nSPS) is 11.0. The van der Waals surface area contributed by atoms with Gasteiger partial charge in [0.1, 0.15) is 5.82 Å². The minimum absolute atomic E-state index is 0.358. The van der Waals surface area contributed by atoms with E-state index in [0.29, 0.717) is 5.82 Å². The molecule has 0 aliphatic rings. The van der Waals surface area contributed by atoms with Gasteiger partial charge in [-0.2, -0.15) is 0 Å². The molecule has 4 nitrogen and oxygen atoms in total. The summed E-state index contributed by atoms with van der Waals surface area (Å²) in [6.45, 7) is 13.1. The number of hydrogen-bond acceptors (Lipinski definition) is 3. The molecule has 1 rings (SSSR count). The highest BCUT2D eigenvalue weighted by atomic mass is 15.0. The molecule has 0 fully saturated rings. The highest BCUT2D eigenvalue weighted by Crippen LogP contribution is 2.21. The summed E-state index contributed by atoms with van der Waals surface area (Å²) >= 11 is 0. The SMILES string of the molecule is C=N/C(N)=C(\C(=C)C)c1cn(C)cn1.CC. The van der Waals surface area contributed by atoms with Crippen molar-refractivity contribution in [2.75, 3.05) is 0 Å². The van der Waals surface area contributed by atoms with Gasteiger partial charge in [0.2, 0.25) is 0 Å². The van der Waals surface area contributed by atoms with Gasteiger partial charge in [0, 0.05) is 18.8 Å². The van der Waals surface area contributed by atoms with E-state index in [0.717, 1.165) is 16.8 Å². The van der Waals surface area contributed by atoms with Crippen molar-refractivity contribution >= 4 is 12.3 Å². The fraction of sp³-hybridized carbons (Fsp3) is 0.333. The Hall–Kier alpha value is -1.84. The molecule has 2 N–H and O–H groups in total. The van der Waals surface area contributed by atoms with E-state index >= 15 is 0 Å². The second-order valence-corrected chi connectivity index (χ2v) is 3.12. The van der Waals surface area contributed by atoms with E-state index in [2.05, 4.69) is 23.3 Å². The lowest BCUT2D eigenvalue weighted by Gasteiger charge is -2.04. The number of nitrogens with zero attached hydrogens (tertiary/aromatic N) is 3. The van der Waals surface area contributed by atoms with Gasteiger partial charge in [0.15, 0.2) is 0 Å². The van der Waals surface area contributed by atoms with Gasteiger partial charge in [-0.25, -0.2) is 9.98 Å². The van der Waals surface area contributed by atoms with Crippen molar-refractivity contribution in [3.05, 3.63) is 36.2 Å². The molecule has 88 valence electrons. The Morgan fingerprint density at radius 3 is 2.38 bits per heavy atom. The average molecular weight is 220 g/mol. The summed E-state index contributed by atoms with van der Waals surface area (Å²) in [6.07, 6.45) is 3.57. The summed E-state index contributed by atoms with van der Waals surface area (Å²) in [5, 5.41) is 0. The standard InChI is InChI=1S/C10H14N4.C2H6/c1-7(2)9(10(11)12-3)8-5-14(4)6-13-8;1-2/h5-6H,1,3,11H2,2,4H3;1-2H3/b10-9+;. The predicted octanol–water partition coefficient (Wildman–Crippen LogP) is 2.35. The van der Waals surface area contributed by atoms with Gasteiger partial charge in [-0.05, 0) is 19.2 Å². The number of rotatable bonds is 3. The van der Waals surface area contributed by atoms with Crippen molar-refractivity contribution in [1.29, 1.82) is 0 Å². The summed E-state index contributed by atoms with van der Waals surface area (Å²) in [4.78, 5) is 7.88. The molecular formula is C12H20N4. The van der Waals surface area contributed by atoms with Gasteiger partial charge in [-0.3, -0.25) is 0 Å². The zero-order valence-corrected chi connectivity index (χ0v) is 10.5. The Morgan fingerprint density at radius 1 is 1.50 bits per heavy atom. The lowest BCUT2D eigenvalue weighted by atomic mass is 10.1. The first-order valence-corrected chi connectivity index (χ1v) is 5.17. The molecule has 0 unspecified atom stereocenters. The van der Waals surface area contributed by atoms with Gasteiger partial charge < -0.3 is 10.3 Å². The Labute approximate surface area is 97.2 Å². The van der Waals surface area contributed by atoms with E-state index in [4.69, 9.17) is 5.73 Å². The monoisotopic (exact) mass is 220 g/mol. The highest BCUT2D eigenvalue weighted by Gasteiger charge is 2.09. The molecule has 1 heterocycles. The Balaban J connectivity index is 0.00000106. The van der Waals surface area contributed by atoms with Crippen LogP contribution in [0.3, 0.4) is 0 Å². The van der Waals surface area contributed by atoms with E-state index in [1.54, 1.807) is 6.33 Å². The molecule has 0 aliphatic heterocycles. The average Bonchev–Trinajstić information content (AvgIpc) is 2.67. The number of aryl methyl sites for hydroxylation is 1. The number of imidazole rings is 1. The van der Waals surface area contributed by atoms with Crippen LogP contribution in [-0.2, 0) is 7.05 Å². The van der Waals surface area contributed by atoms with Crippen LogP contribution in [0, 0.1) is 0 Å². The topological polar surface area (TPSA) is 56.2 Å². The van der Waals surface area contributed by atoms with Crippen LogP contribution in [-0.4, -0.2) is 16.3 Å². The summed E-state index contributed by atoms with van der Waals surface area (Å²) in [7, 11) is 1.89. The third-order valence-electron chi connectivity index (χ3n) is 1.81. The fourth-order valence-electron chi connectivity index (χ4n) is 1.19. The second kappa shape index (κ2) is 6.61. The molecule has 0 spiro atoms. The van der Waals surface area contributed by atoms with Crippen LogP contribution in [0.5, 0.6) is 0 Å². The molecule has 0 atom stereocenters. The molecule has 1 aromatic heterocycles. The molecule has 0 aromatic carbocycles. The number of aliphatic imine (C=N–C) groups is 1. The molecule has 0 amide bonds. The van der Waals surface area contributed by atoms with Crippen LogP contribution in [0.15, 0.2) is 35.5 Å². The van der Waals surface area contributed by atoms with Gasteiger partial charge in [0.05, 0.1) is 12.0 Å². The van der Waals surface area contributed by atoms with Crippen molar-refractivity contribution < 1.29 is 0 Å². The van der Waals surface area contributed by atoms with Gasteiger partial charge >= 0.3 is 0 Å². The molecule has 0 bridgehead atoms. The number of hydrogen-bond donors (Lipinski definition) is 1. The van der Waals surface area contributed by atoms with E-state index in [-0.39, 0.29) is 0 Å². The summed E-state index contributed by atoms with van der Waals surface area (Å²) in [6, 6.07) is 0. The van der Waals surface area contributed by atoms with E-state index in [1.807, 2.05) is 38.6 Å². The van der Waals surface area contributed by atoms with Crippen LogP contribution >= 0.6 is 0 Å². The summed E-state index contributed by atoms with van der Waals surface area (Å²) in [5.74, 6) is 0.358. The molecule has 0 saturated carbocycles. The Bertz CT molecular complexity index is 399. The van der Waals surface area contributed by atoms with Crippen LogP contribution in [0.25, 0.3) is 5.57 Å². The lowest BCUT2D eigenvalue weighted by Crippen LogP contribution is -2.00. The first-order chi connectivity index (χ1) is 7.56. The Morgan fingerprint density at radius 2 is 2.06 bits per heavy atom. The highest BCUT2D eigenvalue weighted by molar-refractivity contribution is 5.77. The summed E-state index contributed by atoms with van der Waals surface area (Å²) < 4.78 is 1.84. The lowest BCUT2D eigenvalue weighted by molar-refractivity contribution is 0.913. The minimum Gasteiger partial charge on any atom is -0.383 e. The molecule has 0 saturated heterocycles. The predicted molar refractivity (Wildman–Crippen MR) is 70.0 cm³/mol. The Kier molecular flexibility index (Phi) is 5.85. The maximum atomic E-state index is 5.70. The largest absolute Gasteiger partial charge is 0.383 e. The van der Waals surface area contributed by atoms with Crippen molar-refractivity contribution in [1.82, 2.24) is 9.55 Å². The number of nitrogens with two attached hydrogens (primary N) is 1. The quantitative estimate of drug-likeness (QED) is 0.628. The molecule has 16 heavy (non-hydrogen) atoms. The van der Waals surface area contributed by atoms with Gasteiger partial charge in [0.25, 0.3) is 0 Å². The van der Waals surface area contributed by atoms with E-state index < -0.39 is 0 Å². The number of allylic oxidation sites excluding steroid dienone is 2. The molecular weight excluding hydrogens is 200 g/mol. The van der Waals surface area contributed by atoms with Crippen molar-refractivity contribution in [2.45, 2.75) is 20.8 Å². The van der Waals surface area contributed by atoms with Crippen LogP contribution in [0.4, 0.5) is 0 Å². The maximum Gasteiger partial charge on any atom is 0.132 e. The summed E-state index contributed by atoms with van der Waals surface area (Å²) in [5.41, 5.74) is 8.05. The zero-order chi connectivity index (χ0) is 12.7. The molecule has 0 aliphatic carbocycles. The molecule has 0 radical (unpaired) electrons. The van der Waals surface area contributed by atoms with Crippen molar-refractivity contribution in [3.63, 3.8) is 0 Å². The first-order valence-electron chi connectivity index (χ1n) is 5.17. The fourth-order valence-corrected chi connectivity index (χ4v) is 1.19. The number of aromatic nitrogens is 2. The third kappa shape index (κ3) is 3.38. The zero-order valence-electron chi connectivity index (χ0n) is 10.5.